The van der Waals surface area contributed by atoms with Gasteiger partial charge in [-0.25, -0.2) is 4.99 Å². The molecule has 0 aliphatic carbocycles. The highest BCUT2D eigenvalue weighted by atomic mass is 127. The molecule has 2 aromatic carbocycles. The molecule has 2 aromatic rings. The summed E-state index contributed by atoms with van der Waals surface area (Å²) in [4.78, 5) is 4.69. The third-order valence-corrected chi connectivity index (χ3v) is 4.24. The lowest BCUT2D eigenvalue weighted by molar-refractivity contribution is 0.133. The zero-order valence-corrected chi connectivity index (χ0v) is 20.0. The molecule has 0 atom stereocenters. The number of benzene rings is 2. The topological polar surface area (TPSA) is 64.1 Å². The van der Waals surface area contributed by atoms with Crippen molar-refractivity contribution < 1.29 is 14.2 Å². The van der Waals surface area contributed by atoms with E-state index in [2.05, 4.69) is 34.7 Å². The van der Waals surface area contributed by atoms with Gasteiger partial charge in [-0.15, -0.1) is 24.0 Å². The SMILES string of the molecule is CCNC(=NCc1ccc(OC)c(OC)c1)NCc1ccccc1COCC.I. The molecule has 0 aliphatic heterocycles. The number of hydrogen-bond donors (Lipinski definition) is 2. The Bertz CT molecular complexity index is 769. The van der Waals surface area contributed by atoms with Gasteiger partial charge in [0.1, 0.15) is 0 Å². The molecule has 0 fully saturated rings. The first-order chi connectivity index (χ1) is 13.7. The molecule has 2 rings (SSSR count). The summed E-state index contributed by atoms with van der Waals surface area (Å²) in [5, 5.41) is 6.69. The largest absolute Gasteiger partial charge is 0.493 e. The van der Waals surface area contributed by atoms with Crippen LogP contribution in [0.3, 0.4) is 0 Å². The molecule has 0 saturated heterocycles. The van der Waals surface area contributed by atoms with Gasteiger partial charge in [-0.3, -0.25) is 0 Å². The molecule has 6 nitrogen and oxygen atoms in total. The number of halogens is 1. The molecule has 0 amide bonds. The fraction of sp³-hybridized carbons (Fsp3) is 0.409. The minimum absolute atomic E-state index is 0. The van der Waals surface area contributed by atoms with E-state index < -0.39 is 0 Å². The normalized spacial score (nSPS) is 10.8. The van der Waals surface area contributed by atoms with Crippen LogP contribution in [0, 0.1) is 0 Å². The van der Waals surface area contributed by atoms with Crippen LogP contribution in [0.5, 0.6) is 11.5 Å². The third kappa shape index (κ3) is 8.10. The zero-order valence-electron chi connectivity index (χ0n) is 17.7. The first-order valence-corrected chi connectivity index (χ1v) is 9.59. The minimum atomic E-state index is 0. The van der Waals surface area contributed by atoms with Crippen LogP contribution in [-0.2, 0) is 24.4 Å². The van der Waals surface area contributed by atoms with Crippen molar-refractivity contribution in [2.45, 2.75) is 33.5 Å². The molecule has 0 unspecified atom stereocenters. The highest BCUT2D eigenvalue weighted by Crippen LogP contribution is 2.27. The van der Waals surface area contributed by atoms with Crippen LogP contribution in [0.25, 0.3) is 0 Å². The summed E-state index contributed by atoms with van der Waals surface area (Å²) in [6, 6.07) is 14.1. The predicted molar refractivity (Wildman–Crippen MR) is 128 cm³/mol. The van der Waals surface area contributed by atoms with Crippen molar-refractivity contribution in [3.8, 4) is 11.5 Å². The summed E-state index contributed by atoms with van der Waals surface area (Å²) in [5.41, 5.74) is 3.44. The average molecular weight is 513 g/mol. The van der Waals surface area contributed by atoms with Crippen molar-refractivity contribution in [3.05, 3.63) is 59.2 Å². The van der Waals surface area contributed by atoms with Gasteiger partial charge in [0, 0.05) is 19.7 Å². The van der Waals surface area contributed by atoms with Crippen molar-refractivity contribution in [1.29, 1.82) is 0 Å². The molecule has 0 spiro atoms. The highest BCUT2D eigenvalue weighted by Gasteiger charge is 2.06. The van der Waals surface area contributed by atoms with Crippen molar-refractivity contribution in [2.24, 2.45) is 4.99 Å². The highest BCUT2D eigenvalue weighted by molar-refractivity contribution is 14.0. The van der Waals surface area contributed by atoms with Gasteiger partial charge in [0.15, 0.2) is 17.5 Å². The van der Waals surface area contributed by atoms with Gasteiger partial charge in [-0.05, 0) is 42.7 Å². The number of rotatable bonds is 10. The molecule has 160 valence electrons. The quantitative estimate of drug-likeness (QED) is 0.285. The average Bonchev–Trinajstić information content (AvgIpc) is 2.74. The van der Waals surface area contributed by atoms with Crippen LogP contribution in [0.1, 0.15) is 30.5 Å². The van der Waals surface area contributed by atoms with Gasteiger partial charge in [-0.2, -0.15) is 0 Å². The minimum Gasteiger partial charge on any atom is -0.493 e. The molecular weight excluding hydrogens is 481 g/mol. The number of nitrogens with one attached hydrogen (secondary N) is 2. The van der Waals surface area contributed by atoms with Gasteiger partial charge in [0.25, 0.3) is 0 Å². The molecule has 0 aromatic heterocycles. The maximum atomic E-state index is 5.56. The lowest BCUT2D eigenvalue weighted by Crippen LogP contribution is -2.37. The van der Waals surface area contributed by atoms with Crippen LogP contribution in [0.15, 0.2) is 47.5 Å². The smallest absolute Gasteiger partial charge is 0.191 e. The number of aliphatic imine (C=N–C) groups is 1. The second-order valence-electron chi connectivity index (χ2n) is 6.14. The van der Waals surface area contributed by atoms with E-state index in [0.717, 1.165) is 18.1 Å². The lowest BCUT2D eigenvalue weighted by atomic mass is 10.1. The Morgan fingerprint density at radius 2 is 1.66 bits per heavy atom. The van der Waals surface area contributed by atoms with E-state index in [1.807, 2.05) is 37.3 Å². The van der Waals surface area contributed by atoms with E-state index in [0.29, 0.717) is 37.8 Å². The standard InChI is InChI=1S/C22H31N3O3.HI/c1-5-23-22(24-14-17-11-12-20(26-3)21(13-17)27-4)25-15-18-9-7-8-10-19(18)16-28-6-2;/h7-13H,5-6,14-16H2,1-4H3,(H2,23,24,25);1H. The molecule has 0 heterocycles. The van der Waals surface area contributed by atoms with Crippen molar-refractivity contribution in [3.63, 3.8) is 0 Å². The summed E-state index contributed by atoms with van der Waals surface area (Å²) < 4.78 is 16.2. The summed E-state index contributed by atoms with van der Waals surface area (Å²) in [6.45, 7) is 7.39. The zero-order chi connectivity index (χ0) is 20.2. The number of methoxy groups -OCH3 is 2. The van der Waals surface area contributed by atoms with E-state index in [1.54, 1.807) is 14.2 Å². The van der Waals surface area contributed by atoms with Crippen LogP contribution in [0.4, 0.5) is 0 Å². The molecule has 0 saturated carbocycles. The Balaban J connectivity index is 0.00000420. The Hall–Kier alpha value is -2.00. The van der Waals surface area contributed by atoms with Gasteiger partial charge in [0.05, 0.1) is 27.4 Å². The second-order valence-corrected chi connectivity index (χ2v) is 6.14. The number of hydrogen-bond acceptors (Lipinski definition) is 4. The van der Waals surface area contributed by atoms with E-state index in [-0.39, 0.29) is 24.0 Å². The van der Waals surface area contributed by atoms with Gasteiger partial charge in [0.2, 0.25) is 0 Å². The Morgan fingerprint density at radius 1 is 0.931 bits per heavy atom. The number of guanidine groups is 1. The van der Waals surface area contributed by atoms with E-state index in [9.17, 15) is 0 Å². The van der Waals surface area contributed by atoms with Gasteiger partial charge in [-0.1, -0.05) is 30.3 Å². The molecule has 0 radical (unpaired) electrons. The lowest BCUT2D eigenvalue weighted by Gasteiger charge is -2.14. The summed E-state index contributed by atoms with van der Waals surface area (Å²) in [5.74, 6) is 2.19. The predicted octanol–water partition coefficient (Wildman–Crippen LogP) is 4.11. The summed E-state index contributed by atoms with van der Waals surface area (Å²) in [7, 11) is 3.27. The van der Waals surface area contributed by atoms with Crippen LogP contribution in [0.2, 0.25) is 0 Å². The number of nitrogens with zero attached hydrogens (tertiary/aromatic N) is 1. The first-order valence-electron chi connectivity index (χ1n) is 9.59. The van der Waals surface area contributed by atoms with E-state index in [1.165, 1.54) is 11.1 Å². The Kier molecular flexibility index (Phi) is 12.1. The second kappa shape index (κ2) is 14.1. The monoisotopic (exact) mass is 513 g/mol. The van der Waals surface area contributed by atoms with Gasteiger partial charge < -0.3 is 24.8 Å². The maximum absolute atomic E-state index is 5.56. The van der Waals surface area contributed by atoms with Crippen molar-refractivity contribution in [1.82, 2.24) is 10.6 Å². The van der Waals surface area contributed by atoms with Crippen molar-refractivity contribution >= 4 is 29.9 Å². The van der Waals surface area contributed by atoms with Crippen LogP contribution >= 0.6 is 24.0 Å². The van der Waals surface area contributed by atoms with Gasteiger partial charge >= 0.3 is 0 Å². The van der Waals surface area contributed by atoms with E-state index >= 15 is 0 Å². The van der Waals surface area contributed by atoms with Crippen LogP contribution in [-0.4, -0.2) is 33.3 Å². The molecule has 7 heteroatoms. The Morgan fingerprint density at radius 3 is 2.31 bits per heavy atom. The molecule has 0 bridgehead atoms. The molecule has 0 aliphatic rings. The summed E-state index contributed by atoms with van der Waals surface area (Å²) in [6.07, 6.45) is 0. The molecule has 2 N–H and O–H groups in total. The van der Waals surface area contributed by atoms with Crippen molar-refractivity contribution in [2.75, 3.05) is 27.4 Å². The third-order valence-electron chi connectivity index (χ3n) is 4.24. The Labute approximate surface area is 191 Å². The fourth-order valence-electron chi connectivity index (χ4n) is 2.75. The molecule has 29 heavy (non-hydrogen) atoms. The van der Waals surface area contributed by atoms with E-state index in [4.69, 9.17) is 14.2 Å². The maximum Gasteiger partial charge on any atom is 0.191 e. The fourth-order valence-corrected chi connectivity index (χ4v) is 2.75. The first kappa shape index (κ1) is 25.0. The number of ether oxygens (including phenoxy) is 3. The molecular formula is C22H32IN3O3. The van der Waals surface area contributed by atoms with Crippen LogP contribution < -0.4 is 20.1 Å². The summed E-state index contributed by atoms with van der Waals surface area (Å²) >= 11 is 0.